The van der Waals surface area contributed by atoms with Gasteiger partial charge in [0.05, 0.1) is 13.1 Å². The average Bonchev–Trinajstić information content (AvgIpc) is 2.85. The topological polar surface area (TPSA) is 95.7 Å². The fourth-order valence-electron chi connectivity index (χ4n) is 2.50. The van der Waals surface area contributed by atoms with E-state index < -0.39 is 0 Å². The number of rotatable bonds is 4. The molecule has 1 aromatic carbocycles. The van der Waals surface area contributed by atoms with E-state index in [4.69, 9.17) is 17.3 Å². The molecule has 138 valence electrons. The molecule has 0 bridgehead atoms. The van der Waals surface area contributed by atoms with Crippen LogP contribution in [0.15, 0.2) is 24.3 Å². The summed E-state index contributed by atoms with van der Waals surface area (Å²) in [5.41, 5.74) is 5.77. The standard InChI is InChI=1S/C16H21ClN4O3.ClH/c17-13-4-2-12(3-5-13)16(24)21-7-1-6-20(8-9-21)15(23)11-19-14(22)10-18;/h2-5H,1,6-11,18H2,(H,19,22);1H. The van der Waals surface area contributed by atoms with Gasteiger partial charge >= 0.3 is 0 Å². The van der Waals surface area contributed by atoms with Crippen LogP contribution in [0, 0.1) is 0 Å². The summed E-state index contributed by atoms with van der Waals surface area (Å²) in [5, 5.41) is 3.05. The zero-order valence-electron chi connectivity index (χ0n) is 13.7. The third-order valence-corrected chi connectivity index (χ3v) is 4.10. The minimum absolute atomic E-state index is 0. The van der Waals surface area contributed by atoms with Crippen LogP contribution in [0.2, 0.25) is 5.02 Å². The lowest BCUT2D eigenvalue weighted by Gasteiger charge is -2.22. The van der Waals surface area contributed by atoms with Crippen LogP contribution in [-0.4, -0.2) is 66.8 Å². The maximum absolute atomic E-state index is 12.5. The van der Waals surface area contributed by atoms with Gasteiger partial charge in [0, 0.05) is 36.8 Å². The normalized spacial score (nSPS) is 14.3. The Hall–Kier alpha value is -1.83. The number of nitrogens with one attached hydrogen (secondary N) is 1. The van der Waals surface area contributed by atoms with Gasteiger partial charge in [-0.1, -0.05) is 11.6 Å². The summed E-state index contributed by atoms with van der Waals surface area (Å²) in [5.74, 6) is -0.604. The first-order valence-electron chi connectivity index (χ1n) is 7.80. The number of benzene rings is 1. The number of carbonyl (C=O) groups excluding carboxylic acids is 3. The Balaban J connectivity index is 0.00000312. The van der Waals surface area contributed by atoms with Gasteiger partial charge < -0.3 is 20.9 Å². The summed E-state index contributed by atoms with van der Waals surface area (Å²) < 4.78 is 0. The Morgan fingerprint density at radius 1 is 1.04 bits per heavy atom. The quantitative estimate of drug-likeness (QED) is 0.785. The van der Waals surface area contributed by atoms with Crippen LogP contribution in [0.4, 0.5) is 0 Å². The molecule has 1 aromatic rings. The molecule has 3 N–H and O–H groups in total. The molecule has 0 unspecified atom stereocenters. The maximum Gasteiger partial charge on any atom is 0.253 e. The number of carbonyl (C=O) groups is 3. The molecule has 7 nitrogen and oxygen atoms in total. The molecule has 1 aliphatic heterocycles. The smallest absolute Gasteiger partial charge is 0.253 e. The highest BCUT2D eigenvalue weighted by molar-refractivity contribution is 6.30. The summed E-state index contributed by atoms with van der Waals surface area (Å²) >= 11 is 5.84. The lowest BCUT2D eigenvalue weighted by atomic mass is 10.2. The van der Waals surface area contributed by atoms with E-state index in [0.29, 0.717) is 43.2 Å². The highest BCUT2D eigenvalue weighted by atomic mass is 35.5. The van der Waals surface area contributed by atoms with Crippen LogP contribution in [0.5, 0.6) is 0 Å². The summed E-state index contributed by atoms with van der Waals surface area (Å²) in [6.45, 7) is 1.83. The first-order valence-corrected chi connectivity index (χ1v) is 8.18. The van der Waals surface area contributed by atoms with E-state index in [9.17, 15) is 14.4 Å². The van der Waals surface area contributed by atoms with Crippen molar-refractivity contribution in [2.24, 2.45) is 5.73 Å². The van der Waals surface area contributed by atoms with Crippen LogP contribution in [0.3, 0.4) is 0 Å². The Bertz CT molecular complexity index is 610. The highest BCUT2D eigenvalue weighted by Gasteiger charge is 2.22. The van der Waals surface area contributed by atoms with Crippen LogP contribution >= 0.6 is 24.0 Å². The van der Waals surface area contributed by atoms with Crippen LogP contribution in [0.1, 0.15) is 16.8 Å². The molecule has 1 aliphatic rings. The third-order valence-electron chi connectivity index (χ3n) is 3.85. The SMILES string of the molecule is Cl.NCC(=O)NCC(=O)N1CCCN(C(=O)c2ccc(Cl)cc2)CC1. The minimum Gasteiger partial charge on any atom is -0.346 e. The van der Waals surface area contributed by atoms with Gasteiger partial charge in [-0.3, -0.25) is 14.4 Å². The molecule has 0 aliphatic carbocycles. The summed E-state index contributed by atoms with van der Waals surface area (Å²) in [6, 6.07) is 6.76. The van der Waals surface area contributed by atoms with E-state index in [2.05, 4.69) is 5.32 Å². The van der Waals surface area contributed by atoms with Crippen molar-refractivity contribution in [1.82, 2.24) is 15.1 Å². The summed E-state index contributed by atoms with van der Waals surface area (Å²) in [4.78, 5) is 39.1. The van der Waals surface area contributed by atoms with E-state index >= 15 is 0 Å². The third kappa shape index (κ3) is 6.19. The van der Waals surface area contributed by atoms with Crippen molar-refractivity contribution >= 4 is 41.7 Å². The molecule has 1 heterocycles. The van der Waals surface area contributed by atoms with E-state index in [-0.39, 0.29) is 43.2 Å². The lowest BCUT2D eigenvalue weighted by molar-refractivity contribution is -0.132. The Morgan fingerprint density at radius 3 is 2.28 bits per heavy atom. The number of amides is 3. The molecule has 1 fully saturated rings. The Labute approximate surface area is 157 Å². The van der Waals surface area contributed by atoms with Gasteiger partial charge in [0.15, 0.2) is 0 Å². The first-order chi connectivity index (χ1) is 11.5. The van der Waals surface area contributed by atoms with E-state index in [1.807, 2.05) is 0 Å². The molecule has 25 heavy (non-hydrogen) atoms. The van der Waals surface area contributed by atoms with Gasteiger partial charge in [-0.15, -0.1) is 12.4 Å². The lowest BCUT2D eigenvalue weighted by Crippen LogP contribution is -2.43. The van der Waals surface area contributed by atoms with Gasteiger partial charge in [-0.05, 0) is 30.7 Å². The first kappa shape index (κ1) is 21.2. The highest BCUT2D eigenvalue weighted by Crippen LogP contribution is 2.13. The summed E-state index contributed by atoms with van der Waals surface area (Å²) in [7, 11) is 0. The van der Waals surface area contributed by atoms with Crippen molar-refractivity contribution < 1.29 is 14.4 Å². The Kier molecular flexibility index (Phi) is 8.68. The molecule has 1 saturated heterocycles. The number of halogens is 2. The Morgan fingerprint density at radius 2 is 1.64 bits per heavy atom. The average molecular weight is 389 g/mol. The van der Waals surface area contributed by atoms with Crippen LogP contribution in [0.25, 0.3) is 0 Å². The molecule has 0 atom stereocenters. The van der Waals surface area contributed by atoms with Crippen molar-refractivity contribution in [2.75, 3.05) is 39.3 Å². The van der Waals surface area contributed by atoms with E-state index in [0.717, 1.165) is 0 Å². The van der Waals surface area contributed by atoms with Gasteiger partial charge in [0.25, 0.3) is 5.91 Å². The largest absolute Gasteiger partial charge is 0.346 e. The minimum atomic E-state index is -0.363. The summed E-state index contributed by atoms with van der Waals surface area (Å²) in [6.07, 6.45) is 0.690. The van der Waals surface area contributed by atoms with Gasteiger partial charge in [0.1, 0.15) is 0 Å². The fourth-order valence-corrected chi connectivity index (χ4v) is 2.63. The van der Waals surface area contributed by atoms with Crippen molar-refractivity contribution in [3.05, 3.63) is 34.9 Å². The molecule has 9 heteroatoms. The molecule has 0 saturated carbocycles. The second-order valence-corrected chi connectivity index (χ2v) is 5.95. The monoisotopic (exact) mass is 388 g/mol. The molecule has 2 rings (SSSR count). The molecule has 0 radical (unpaired) electrons. The van der Waals surface area contributed by atoms with Crippen LogP contribution < -0.4 is 11.1 Å². The zero-order chi connectivity index (χ0) is 17.5. The van der Waals surface area contributed by atoms with Crippen molar-refractivity contribution in [3.8, 4) is 0 Å². The molecular formula is C16H22Cl2N4O3. The number of nitrogens with two attached hydrogens (primary N) is 1. The van der Waals surface area contributed by atoms with Gasteiger partial charge in [-0.25, -0.2) is 0 Å². The number of nitrogens with zero attached hydrogens (tertiary/aromatic N) is 2. The van der Waals surface area contributed by atoms with Gasteiger partial charge in [-0.2, -0.15) is 0 Å². The molecule has 0 spiro atoms. The maximum atomic E-state index is 12.5. The number of hydrogen-bond acceptors (Lipinski definition) is 4. The van der Waals surface area contributed by atoms with E-state index in [1.165, 1.54) is 0 Å². The molecule has 3 amide bonds. The van der Waals surface area contributed by atoms with Gasteiger partial charge in [0.2, 0.25) is 11.8 Å². The van der Waals surface area contributed by atoms with Crippen molar-refractivity contribution in [2.45, 2.75) is 6.42 Å². The van der Waals surface area contributed by atoms with E-state index in [1.54, 1.807) is 34.1 Å². The van der Waals surface area contributed by atoms with Crippen molar-refractivity contribution in [1.29, 1.82) is 0 Å². The van der Waals surface area contributed by atoms with Crippen molar-refractivity contribution in [3.63, 3.8) is 0 Å². The fraction of sp³-hybridized carbons (Fsp3) is 0.438. The molecule has 0 aromatic heterocycles. The number of hydrogen-bond donors (Lipinski definition) is 2. The zero-order valence-corrected chi connectivity index (χ0v) is 15.3. The predicted octanol–water partition coefficient (Wildman–Crippen LogP) is 0.511. The predicted molar refractivity (Wildman–Crippen MR) is 97.9 cm³/mol. The van der Waals surface area contributed by atoms with Crippen LogP contribution in [-0.2, 0) is 9.59 Å². The second kappa shape index (κ2) is 10.2. The second-order valence-electron chi connectivity index (χ2n) is 5.51. The molecular weight excluding hydrogens is 367 g/mol.